The number of aryl methyl sites for hydroxylation is 2. The molecule has 2 rings (SSSR count). The number of carbonyl (C=O) groups excluding carboxylic acids is 2. The van der Waals surface area contributed by atoms with Crippen LogP contribution in [0.5, 0.6) is 0 Å². The van der Waals surface area contributed by atoms with Gasteiger partial charge < -0.3 is 10.1 Å². The fourth-order valence-corrected chi connectivity index (χ4v) is 3.56. The van der Waals surface area contributed by atoms with Crippen LogP contribution in [0.1, 0.15) is 21.5 Å². The van der Waals surface area contributed by atoms with Gasteiger partial charge in [-0.25, -0.2) is 17.5 Å². The molecule has 0 bridgehead atoms. The summed E-state index contributed by atoms with van der Waals surface area (Å²) in [6.45, 7) is 3.17. The molecule has 0 aliphatic heterocycles. The van der Waals surface area contributed by atoms with Gasteiger partial charge in [0.2, 0.25) is 10.0 Å². The van der Waals surface area contributed by atoms with Crippen LogP contribution in [0, 0.1) is 13.8 Å². The molecule has 0 atom stereocenters. The van der Waals surface area contributed by atoms with Gasteiger partial charge in [-0.3, -0.25) is 4.79 Å². The summed E-state index contributed by atoms with van der Waals surface area (Å²) in [6, 6.07) is 9.21. The first-order valence-electron chi connectivity index (χ1n) is 8.28. The molecule has 2 aromatic carbocycles. The number of nitrogens with one attached hydrogen (secondary N) is 1. The van der Waals surface area contributed by atoms with Gasteiger partial charge >= 0.3 is 5.97 Å². The lowest BCUT2D eigenvalue weighted by molar-refractivity contribution is -0.119. The fourth-order valence-electron chi connectivity index (χ4n) is 2.46. The van der Waals surface area contributed by atoms with Crippen LogP contribution in [0.3, 0.4) is 0 Å². The Morgan fingerprint density at radius 3 is 2.25 bits per heavy atom. The summed E-state index contributed by atoms with van der Waals surface area (Å²) in [4.78, 5) is 24.2. The molecule has 9 heteroatoms. The zero-order chi connectivity index (χ0) is 21.1. The van der Waals surface area contributed by atoms with Crippen molar-refractivity contribution in [2.75, 3.05) is 26.0 Å². The maximum absolute atomic E-state index is 12.2. The second-order valence-corrected chi connectivity index (χ2v) is 8.99. The number of hydrogen-bond acceptors (Lipinski definition) is 5. The van der Waals surface area contributed by atoms with E-state index in [-0.39, 0.29) is 15.6 Å². The molecule has 1 amide bonds. The van der Waals surface area contributed by atoms with E-state index in [1.54, 1.807) is 12.1 Å². The van der Waals surface area contributed by atoms with E-state index >= 15 is 0 Å². The van der Waals surface area contributed by atoms with Crippen LogP contribution in [-0.4, -0.2) is 45.3 Å². The summed E-state index contributed by atoms with van der Waals surface area (Å²) in [5.41, 5.74) is 2.27. The maximum atomic E-state index is 12.2. The number of esters is 1. The van der Waals surface area contributed by atoms with Gasteiger partial charge in [-0.05, 0) is 44.2 Å². The first-order valence-corrected chi connectivity index (χ1v) is 10.1. The van der Waals surface area contributed by atoms with Gasteiger partial charge in [0, 0.05) is 14.1 Å². The number of amides is 1. The van der Waals surface area contributed by atoms with E-state index in [2.05, 4.69) is 5.32 Å². The minimum atomic E-state index is -3.68. The van der Waals surface area contributed by atoms with Crippen molar-refractivity contribution in [3.8, 4) is 0 Å². The van der Waals surface area contributed by atoms with Crippen molar-refractivity contribution in [3.05, 3.63) is 58.1 Å². The minimum Gasteiger partial charge on any atom is -0.452 e. The lowest BCUT2D eigenvalue weighted by Crippen LogP contribution is -2.23. The smallest absolute Gasteiger partial charge is 0.338 e. The molecule has 0 spiro atoms. The van der Waals surface area contributed by atoms with E-state index in [4.69, 9.17) is 16.3 Å². The van der Waals surface area contributed by atoms with Crippen molar-refractivity contribution in [1.82, 2.24) is 4.31 Å². The predicted octanol–water partition coefficient (Wildman–Crippen LogP) is 3.00. The minimum absolute atomic E-state index is 0.0237. The Labute approximate surface area is 169 Å². The number of benzene rings is 2. The number of ether oxygens (including phenoxy) is 1. The van der Waals surface area contributed by atoms with E-state index in [0.29, 0.717) is 5.56 Å². The van der Waals surface area contributed by atoms with Crippen LogP contribution >= 0.6 is 11.6 Å². The lowest BCUT2D eigenvalue weighted by atomic mass is 10.1. The number of halogens is 1. The Bertz CT molecular complexity index is 999. The van der Waals surface area contributed by atoms with Gasteiger partial charge in [-0.15, -0.1) is 0 Å². The second kappa shape index (κ2) is 8.72. The molecule has 0 saturated carbocycles. The van der Waals surface area contributed by atoms with Crippen molar-refractivity contribution < 1.29 is 22.7 Å². The second-order valence-electron chi connectivity index (χ2n) is 6.43. The summed E-state index contributed by atoms with van der Waals surface area (Å²) in [7, 11) is -0.889. The molecule has 1 N–H and O–H groups in total. The molecule has 150 valence electrons. The van der Waals surface area contributed by atoms with Crippen LogP contribution in [-0.2, 0) is 19.6 Å². The van der Waals surface area contributed by atoms with E-state index in [9.17, 15) is 18.0 Å². The Morgan fingerprint density at radius 2 is 1.68 bits per heavy atom. The topological polar surface area (TPSA) is 92.8 Å². The van der Waals surface area contributed by atoms with Crippen molar-refractivity contribution in [2.24, 2.45) is 0 Å². The molecule has 2 aromatic rings. The van der Waals surface area contributed by atoms with Crippen molar-refractivity contribution in [1.29, 1.82) is 0 Å². The molecule has 0 radical (unpaired) electrons. The number of hydrogen-bond donors (Lipinski definition) is 1. The Morgan fingerprint density at radius 1 is 1.07 bits per heavy atom. The SMILES string of the molecule is Cc1cc(C)cc(C(=O)OCC(=O)Nc2cc(S(=O)(=O)N(C)C)ccc2Cl)c1. The summed E-state index contributed by atoms with van der Waals surface area (Å²) in [6.07, 6.45) is 0. The van der Waals surface area contributed by atoms with Gasteiger partial charge in [-0.2, -0.15) is 0 Å². The van der Waals surface area contributed by atoms with Crippen LogP contribution in [0.4, 0.5) is 5.69 Å². The third-order valence-corrected chi connectivity index (χ3v) is 5.92. The Kier molecular flexibility index (Phi) is 6.82. The summed E-state index contributed by atoms with van der Waals surface area (Å²) >= 11 is 6.03. The van der Waals surface area contributed by atoms with Crippen molar-refractivity contribution >= 4 is 39.2 Å². The van der Waals surface area contributed by atoms with Gasteiger partial charge in [0.05, 0.1) is 21.2 Å². The van der Waals surface area contributed by atoms with Gasteiger partial charge in [-0.1, -0.05) is 28.8 Å². The first-order chi connectivity index (χ1) is 13.0. The molecule has 0 aliphatic carbocycles. The molecule has 0 unspecified atom stereocenters. The summed E-state index contributed by atoms with van der Waals surface area (Å²) in [5, 5.41) is 2.62. The van der Waals surface area contributed by atoms with Crippen molar-refractivity contribution in [2.45, 2.75) is 18.7 Å². The number of nitrogens with zero attached hydrogens (tertiary/aromatic N) is 1. The van der Waals surface area contributed by atoms with E-state index in [0.717, 1.165) is 15.4 Å². The van der Waals surface area contributed by atoms with Crippen molar-refractivity contribution in [3.63, 3.8) is 0 Å². The molecular weight excluding hydrogens is 404 g/mol. The highest BCUT2D eigenvalue weighted by molar-refractivity contribution is 7.89. The zero-order valence-corrected chi connectivity index (χ0v) is 17.5. The third kappa shape index (κ3) is 5.31. The maximum Gasteiger partial charge on any atom is 0.338 e. The third-order valence-electron chi connectivity index (χ3n) is 3.78. The molecule has 0 aliphatic rings. The summed E-state index contributed by atoms with van der Waals surface area (Å²) in [5.74, 6) is -1.27. The number of anilines is 1. The average molecular weight is 425 g/mol. The first kappa shape index (κ1) is 21.9. The highest BCUT2D eigenvalue weighted by Crippen LogP contribution is 2.26. The molecule has 0 aromatic heterocycles. The predicted molar refractivity (Wildman–Crippen MR) is 107 cm³/mol. The quantitative estimate of drug-likeness (QED) is 0.719. The zero-order valence-electron chi connectivity index (χ0n) is 15.9. The van der Waals surface area contributed by atoms with Gasteiger partial charge in [0.1, 0.15) is 0 Å². The van der Waals surface area contributed by atoms with E-state index in [1.165, 1.54) is 32.3 Å². The highest BCUT2D eigenvalue weighted by Gasteiger charge is 2.19. The van der Waals surface area contributed by atoms with E-state index in [1.807, 2.05) is 19.9 Å². The van der Waals surface area contributed by atoms with Gasteiger partial charge in [0.15, 0.2) is 6.61 Å². The normalized spacial score (nSPS) is 11.4. The lowest BCUT2D eigenvalue weighted by Gasteiger charge is -2.14. The Balaban J connectivity index is 2.08. The molecule has 0 saturated heterocycles. The van der Waals surface area contributed by atoms with Crippen LogP contribution in [0.2, 0.25) is 5.02 Å². The number of carbonyl (C=O) groups is 2. The average Bonchev–Trinajstić information content (AvgIpc) is 2.60. The van der Waals surface area contributed by atoms with Gasteiger partial charge in [0.25, 0.3) is 5.91 Å². The largest absolute Gasteiger partial charge is 0.452 e. The fraction of sp³-hybridized carbons (Fsp3) is 0.263. The molecule has 0 heterocycles. The van der Waals surface area contributed by atoms with Crippen LogP contribution in [0.15, 0.2) is 41.3 Å². The highest BCUT2D eigenvalue weighted by atomic mass is 35.5. The molecular formula is C19H21ClN2O5S. The standard InChI is InChI=1S/C19H21ClN2O5S/c1-12-7-13(2)9-14(8-12)19(24)27-11-18(23)21-17-10-15(5-6-16(17)20)28(25,26)22(3)4/h5-10H,11H2,1-4H3,(H,21,23). The summed E-state index contributed by atoms with van der Waals surface area (Å²) < 4.78 is 30.5. The number of sulfonamides is 1. The van der Waals surface area contributed by atoms with Crippen LogP contribution < -0.4 is 5.32 Å². The van der Waals surface area contributed by atoms with Crippen LogP contribution in [0.25, 0.3) is 0 Å². The molecule has 7 nitrogen and oxygen atoms in total. The number of rotatable bonds is 6. The monoisotopic (exact) mass is 424 g/mol. The molecule has 0 fully saturated rings. The Hall–Kier alpha value is -2.42. The molecule has 28 heavy (non-hydrogen) atoms. The van der Waals surface area contributed by atoms with E-state index < -0.39 is 28.5 Å².